The zero-order valence-electron chi connectivity index (χ0n) is 17.7. The molecule has 0 saturated heterocycles. The lowest BCUT2D eigenvalue weighted by atomic mass is 10.1. The molecule has 0 spiro atoms. The average Bonchev–Trinajstić information content (AvgIpc) is 3.05. The van der Waals surface area contributed by atoms with E-state index < -0.39 is 0 Å². The van der Waals surface area contributed by atoms with Gasteiger partial charge in [0.25, 0.3) is 0 Å². The zero-order valence-corrected chi connectivity index (χ0v) is 20.1. The molecule has 1 amide bonds. The van der Waals surface area contributed by atoms with Crippen LogP contribution in [0.1, 0.15) is 16.8 Å². The van der Waals surface area contributed by atoms with E-state index in [0.29, 0.717) is 12.5 Å². The lowest BCUT2D eigenvalue weighted by Gasteiger charge is -2.15. The Labute approximate surface area is 195 Å². The number of amides is 1. The first-order valence-electron chi connectivity index (χ1n) is 9.87. The van der Waals surface area contributed by atoms with Gasteiger partial charge in [-0.25, -0.2) is 4.99 Å². The third-order valence-electron chi connectivity index (χ3n) is 4.86. The molecule has 30 heavy (non-hydrogen) atoms. The predicted octanol–water partition coefficient (Wildman–Crippen LogP) is 3.46. The van der Waals surface area contributed by atoms with Crippen LogP contribution < -0.4 is 10.6 Å². The smallest absolute Gasteiger partial charge is 0.241 e. The molecule has 0 saturated carbocycles. The summed E-state index contributed by atoms with van der Waals surface area (Å²) in [5.74, 6) is 0.647. The van der Waals surface area contributed by atoms with Crippen molar-refractivity contribution >= 4 is 46.7 Å². The molecule has 1 aromatic heterocycles. The number of halogens is 1. The van der Waals surface area contributed by atoms with Crippen LogP contribution in [-0.2, 0) is 17.8 Å². The van der Waals surface area contributed by atoms with E-state index in [-0.39, 0.29) is 36.4 Å². The molecule has 0 atom stereocenters. The van der Waals surface area contributed by atoms with Crippen molar-refractivity contribution in [3.63, 3.8) is 0 Å². The highest BCUT2D eigenvalue weighted by atomic mass is 127. The molecule has 2 aromatic carbocycles. The fraction of sp³-hybridized carbons (Fsp3) is 0.304. The number of para-hydroxylation sites is 1. The maximum Gasteiger partial charge on any atom is 0.241 e. The minimum Gasteiger partial charge on any atom is -0.358 e. The van der Waals surface area contributed by atoms with Gasteiger partial charge < -0.3 is 20.5 Å². The van der Waals surface area contributed by atoms with Gasteiger partial charge in [-0.3, -0.25) is 4.79 Å². The number of aryl methyl sites for hydroxylation is 1. The molecular weight excluding hydrogens is 489 g/mol. The second kappa shape index (κ2) is 11.6. The van der Waals surface area contributed by atoms with Crippen molar-refractivity contribution in [1.82, 2.24) is 20.5 Å². The van der Waals surface area contributed by atoms with Crippen molar-refractivity contribution in [3.8, 4) is 0 Å². The summed E-state index contributed by atoms with van der Waals surface area (Å²) in [6, 6.07) is 18.4. The topological polar surface area (TPSA) is 72.5 Å². The number of rotatable bonds is 7. The van der Waals surface area contributed by atoms with E-state index in [1.807, 2.05) is 36.4 Å². The quantitative estimate of drug-likeness (QED) is 0.255. The molecule has 7 heteroatoms. The third-order valence-corrected chi connectivity index (χ3v) is 4.86. The van der Waals surface area contributed by atoms with Crippen molar-refractivity contribution in [1.29, 1.82) is 0 Å². The summed E-state index contributed by atoms with van der Waals surface area (Å²) in [6.45, 7) is 3.59. The van der Waals surface area contributed by atoms with Gasteiger partial charge in [0.15, 0.2) is 5.96 Å². The fourth-order valence-electron chi connectivity index (χ4n) is 3.21. The van der Waals surface area contributed by atoms with Gasteiger partial charge in [0.05, 0.1) is 13.1 Å². The van der Waals surface area contributed by atoms with E-state index in [1.165, 1.54) is 16.6 Å². The van der Waals surface area contributed by atoms with Crippen molar-refractivity contribution < 1.29 is 4.79 Å². The Balaban J connectivity index is 0.00000320. The standard InChI is InChI=1S/C23H29N5O.HI/c1-17-19(20-11-7-8-12-21(20)27-17)13-14-24-23(26-16-22(29)28(2)3)25-15-18-9-5-4-6-10-18;/h4-12,27H,13-16H2,1-3H3,(H2,24,25,26);1H. The number of carbonyl (C=O) groups excluding carboxylic acids is 1. The number of likely N-dealkylation sites (N-methyl/N-ethyl adjacent to an activating group) is 1. The number of aliphatic imine (C=N–C) groups is 1. The number of nitrogens with one attached hydrogen (secondary N) is 3. The summed E-state index contributed by atoms with van der Waals surface area (Å²) < 4.78 is 0. The number of carbonyl (C=O) groups is 1. The van der Waals surface area contributed by atoms with Gasteiger partial charge in [-0.15, -0.1) is 24.0 Å². The summed E-state index contributed by atoms with van der Waals surface area (Å²) in [5, 5.41) is 7.77. The van der Waals surface area contributed by atoms with E-state index in [9.17, 15) is 4.79 Å². The highest BCUT2D eigenvalue weighted by molar-refractivity contribution is 14.0. The fourth-order valence-corrected chi connectivity index (χ4v) is 3.21. The van der Waals surface area contributed by atoms with E-state index in [1.54, 1.807) is 19.0 Å². The maximum atomic E-state index is 11.9. The van der Waals surface area contributed by atoms with Crippen LogP contribution >= 0.6 is 24.0 Å². The van der Waals surface area contributed by atoms with E-state index >= 15 is 0 Å². The Hall–Kier alpha value is -2.55. The number of H-pyrrole nitrogens is 1. The Kier molecular flexibility index (Phi) is 9.16. The Morgan fingerprint density at radius 2 is 1.73 bits per heavy atom. The first-order valence-corrected chi connectivity index (χ1v) is 9.87. The average molecular weight is 519 g/mol. The van der Waals surface area contributed by atoms with E-state index in [4.69, 9.17) is 0 Å². The van der Waals surface area contributed by atoms with E-state index in [0.717, 1.165) is 24.0 Å². The number of hydrogen-bond acceptors (Lipinski definition) is 2. The molecule has 0 unspecified atom stereocenters. The van der Waals surface area contributed by atoms with Gasteiger partial charge in [0.1, 0.15) is 0 Å². The number of aromatic amines is 1. The third kappa shape index (κ3) is 6.48. The predicted molar refractivity (Wildman–Crippen MR) is 134 cm³/mol. The minimum absolute atomic E-state index is 0. The molecule has 3 aromatic rings. The number of nitrogens with zero attached hydrogens (tertiary/aromatic N) is 2. The molecular formula is C23H30IN5O. The number of hydrogen-bond donors (Lipinski definition) is 3. The summed E-state index contributed by atoms with van der Waals surface area (Å²) >= 11 is 0. The van der Waals surface area contributed by atoms with Crippen LogP contribution in [0.25, 0.3) is 10.9 Å². The van der Waals surface area contributed by atoms with Crippen LogP contribution in [0, 0.1) is 6.92 Å². The Morgan fingerprint density at radius 1 is 1.03 bits per heavy atom. The number of benzene rings is 2. The molecule has 0 aliphatic heterocycles. The van der Waals surface area contributed by atoms with Crippen molar-refractivity contribution in [2.75, 3.05) is 27.2 Å². The molecule has 160 valence electrons. The molecule has 3 N–H and O–H groups in total. The van der Waals surface area contributed by atoms with Gasteiger partial charge in [0.2, 0.25) is 5.91 Å². The van der Waals surface area contributed by atoms with Gasteiger partial charge in [-0.1, -0.05) is 48.5 Å². The van der Waals surface area contributed by atoms with Gasteiger partial charge in [0, 0.05) is 37.2 Å². The molecule has 3 rings (SSSR count). The van der Waals surface area contributed by atoms with Crippen LogP contribution in [-0.4, -0.2) is 48.9 Å². The van der Waals surface area contributed by atoms with Crippen LogP contribution in [0.3, 0.4) is 0 Å². The molecule has 0 radical (unpaired) electrons. The summed E-state index contributed by atoms with van der Waals surface area (Å²) in [5.41, 5.74) is 4.78. The van der Waals surface area contributed by atoms with Crippen LogP contribution in [0.15, 0.2) is 59.6 Å². The van der Waals surface area contributed by atoms with Gasteiger partial charge in [-0.2, -0.15) is 0 Å². The van der Waals surface area contributed by atoms with Crippen LogP contribution in [0.2, 0.25) is 0 Å². The number of aromatic nitrogens is 1. The van der Waals surface area contributed by atoms with Gasteiger partial charge >= 0.3 is 0 Å². The SMILES string of the molecule is Cc1[nH]c2ccccc2c1CCNC(=NCc1ccccc1)NCC(=O)N(C)C.I. The lowest BCUT2D eigenvalue weighted by molar-refractivity contribution is -0.127. The van der Waals surface area contributed by atoms with Crippen LogP contribution in [0.5, 0.6) is 0 Å². The van der Waals surface area contributed by atoms with Crippen molar-refractivity contribution in [2.45, 2.75) is 19.9 Å². The molecule has 0 aliphatic carbocycles. The molecule has 1 heterocycles. The highest BCUT2D eigenvalue weighted by Gasteiger charge is 2.09. The lowest BCUT2D eigenvalue weighted by Crippen LogP contribution is -2.43. The second-order valence-corrected chi connectivity index (χ2v) is 7.24. The maximum absolute atomic E-state index is 11.9. The highest BCUT2D eigenvalue weighted by Crippen LogP contribution is 2.21. The summed E-state index contributed by atoms with van der Waals surface area (Å²) in [7, 11) is 3.50. The summed E-state index contributed by atoms with van der Waals surface area (Å²) in [4.78, 5) is 21.6. The zero-order chi connectivity index (χ0) is 20.6. The Morgan fingerprint density at radius 3 is 2.47 bits per heavy atom. The largest absolute Gasteiger partial charge is 0.358 e. The molecule has 6 nitrogen and oxygen atoms in total. The summed E-state index contributed by atoms with van der Waals surface area (Å²) in [6.07, 6.45) is 0.865. The van der Waals surface area contributed by atoms with Crippen molar-refractivity contribution in [2.24, 2.45) is 4.99 Å². The first-order chi connectivity index (χ1) is 14.0. The number of fused-ring (bicyclic) bond motifs is 1. The van der Waals surface area contributed by atoms with Gasteiger partial charge in [-0.05, 0) is 30.5 Å². The van der Waals surface area contributed by atoms with Crippen molar-refractivity contribution in [3.05, 3.63) is 71.4 Å². The second-order valence-electron chi connectivity index (χ2n) is 7.24. The van der Waals surface area contributed by atoms with Crippen LogP contribution in [0.4, 0.5) is 0 Å². The first kappa shape index (κ1) is 23.7. The van der Waals surface area contributed by atoms with E-state index in [2.05, 4.69) is 45.7 Å². The number of guanidine groups is 1. The monoisotopic (exact) mass is 519 g/mol. The molecule has 0 bridgehead atoms. The Bertz CT molecular complexity index is 982. The normalized spacial score (nSPS) is 11.1. The minimum atomic E-state index is 0. The molecule has 0 fully saturated rings. The molecule has 0 aliphatic rings.